The normalized spacial score (nSPS) is 15.0. The number of nitrogens with zero attached hydrogens (tertiary/aromatic N) is 4. The predicted molar refractivity (Wildman–Crippen MR) is 119 cm³/mol. The number of halogens is 1. The van der Waals surface area contributed by atoms with Gasteiger partial charge in [0.1, 0.15) is 5.82 Å². The fourth-order valence-corrected chi connectivity index (χ4v) is 5.33. The van der Waals surface area contributed by atoms with Crippen molar-refractivity contribution in [2.75, 3.05) is 44.2 Å². The highest BCUT2D eigenvalue weighted by atomic mass is 35.5. The lowest BCUT2D eigenvalue weighted by atomic mass is 10.1. The number of carbonyl (C=O) groups is 1. The lowest BCUT2D eigenvalue weighted by molar-refractivity contribution is 0.0745. The molecule has 1 aromatic heterocycles. The largest absolute Gasteiger partial charge is 0.352 e. The summed E-state index contributed by atoms with van der Waals surface area (Å²) < 4.78 is 27.1. The lowest BCUT2D eigenvalue weighted by Crippen LogP contribution is -2.49. The highest BCUT2D eigenvalue weighted by Gasteiger charge is 2.27. The molecule has 0 spiro atoms. The summed E-state index contributed by atoms with van der Waals surface area (Å²) in [5.74, 6) is 0.561. The maximum atomic E-state index is 13.2. The first kappa shape index (κ1) is 22.5. The Morgan fingerprint density at radius 1 is 1.13 bits per heavy atom. The highest BCUT2D eigenvalue weighted by molar-refractivity contribution is 7.89. The molecule has 1 aromatic carbocycles. The average molecular weight is 451 g/mol. The van der Waals surface area contributed by atoms with Crippen molar-refractivity contribution >= 4 is 33.3 Å². The first-order valence-corrected chi connectivity index (χ1v) is 11.9. The Labute approximate surface area is 183 Å². The minimum atomic E-state index is -3.62. The van der Waals surface area contributed by atoms with Crippen LogP contribution in [0.3, 0.4) is 0 Å². The SMILES string of the molecule is CCN(CC)S(=O)(=O)c1ccc(C)c(C(=O)N2CCN(c3ncccc3Cl)CC2)c1. The third-order valence-electron chi connectivity index (χ3n) is 5.39. The molecule has 0 radical (unpaired) electrons. The summed E-state index contributed by atoms with van der Waals surface area (Å²) in [7, 11) is -3.62. The molecule has 7 nitrogen and oxygen atoms in total. The Hall–Kier alpha value is -2.16. The van der Waals surface area contributed by atoms with Gasteiger partial charge in [0.15, 0.2) is 0 Å². The van der Waals surface area contributed by atoms with Crippen molar-refractivity contribution in [3.8, 4) is 0 Å². The second kappa shape index (κ2) is 9.32. The van der Waals surface area contributed by atoms with Crippen LogP contribution in [0, 0.1) is 6.92 Å². The van der Waals surface area contributed by atoms with E-state index in [0.717, 1.165) is 11.4 Å². The van der Waals surface area contributed by atoms with Gasteiger partial charge in [0.2, 0.25) is 10.0 Å². The van der Waals surface area contributed by atoms with Crippen molar-refractivity contribution < 1.29 is 13.2 Å². The molecule has 1 fully saturated rings. The number of aromatic nitrogens is 1. The number of hydrogen-bond donors (Lipinski definition) is 0. The maximum absolute atomic E-state index is 13.2. The van der Waals surface area contributed by atoms with Gasteiger partial charge in [-0.2, -0.15) is 4.31 Å². The van der Waals surface area contributed by atoms with Gasteiger partial charge in [-0.1, -0.05) is 31.5 Å². The molecule has 2 heterocycles. The molecule has 1 saturated heterocycles. The summed E-state index contributed by atoms with van der Waals surface area (Å²) >= 11 is 6.24. The van der Waals surface area contributed by atoms with Crippen molar-refractivity contribution in [2.24, 2.45) is 0 Å². The van der Waals surface area contributed by atoms with Crippen LogP contribution in [0.25, 0.3) is 0 Å². The Morgan fingerprint density at radius 3 is 2.40 bits per heavy atom. The predicted octanol–water partition coefficient (Wildman–Crippen LogP) is 3.04. The number of sulfonamides is 1. The minimum absolute atomic E-state index is 0.152. The number of benzene rings is 1. The van der Waals surface area contributed by atoms with Crippen LogP contribution in [0.2, 0.25) is 5.02 Å². The number of piperazine rings is 1. The van der Waals surface area contributed by atoms with Gasteiger partial charge in [0.05, 0.1) is 9.92 Å². The number of pyridine rings is 1. The van der Waals surface area contributed by atoms with Gasteiger partial charge in [0.25, 0.3) is 5.91 Å². The topological polar surface area (TPSA) is 73.8 Å². The number of hydrogen-bond acceptors (Lipinski definition) is 5. The van der Waals surface area contributed by atoms with Crippen LogP contribution >= 0.6 is 11.6 Å². The summed E-state index contributed by atoms with van der Waals surface area (Å²) in [5.41, 5.74) is 1.18. The van der Waals surface area contributed by atoms with Gasteiger partial charge >= 0.3 is 0 Å². The lowest BCUT2D eigenvalue weighted by Gasteiger charge is -2.36. The van der Waals surface area contributed by atoms with E-state index in [-0.39, 0.29) is 10.8 Å². The van der Waals surface area contributed by atoms with Gasteiger partial charge < -0.3 is 9.80 Å². The first-order chi connectivity index (χ1) is 14.3. The van der Waals surface area contributed by atoms with Crippen LogP contribution in [0.4, 0.5) is 5.82 Å². The third-order valence-corrected chi connectivity index (χ3v) is 7.73. The van der Waals surface area contributed by atoms with Crippen molar-refractivity contribution in [3.63, 3.8) is 0 Å². The molecule has 162 valence electrons. The molecule has 0 saturated carbocycles. The van der Waals surface area contributed by atoms with E-state index in [2.05, 4.69) is 9.88 Å². The van der Waals surface area contributed by atoms with Crippen molar-refractivity contribution in [1.82, 2.24) is 14.2 Å². The van der Waals surface area contributed by atoms with E-state index in [1.165, 1.54) is 10.4 Å². The second-order valence-electron chi connectivity index (χ2n) is 7.15. The fourth-order valence-electron chi connectivity index (χ4n) is 3.61. The van der Waals surface area contributed by atoms with Crippen molar-refractivity contribution in [1.29, 1.82) is 0 Å². The molecule has 2 aromatic rings. The molecule has 0 unspecified atom stereocenters. The van der Waals surface area contributed by atoms with Gasteiger partial charge in [-0.3, -0.25) is 4.79 Å². The summed E-state index contributed by atoms with van der Waals surface area (Å²) in [6.45, 7) is 8.44. The number of rotatable bonds is 6. The maximum Gasteiger partial charge on any atom is 0.254 e. The van der Waals surface area contributed by atoms with E-state index >= 15 is 0 Å². The first-order valence-electron chi connectivity index (χ1n) is 10.0. The highest BCUT2D eigenvalue weighted by Crippen LogP contribution is 2.25. The number of anilines is 1. The van der Waals surface area contributed by atoms with E-state index in [4.69, 9.17) is 11.6 Å². The Bertz CT molecular complexity index is 1020. The number of amides is 1. The summed E-state index contributed by atoms with van der Waals surface area (Å²) in [6.07, 6.45) is 1.70. The zero-order chi connectivity index (χ0) is 21.9. The van der Waals surface area contributed by atoms with Crippen LogP contribution in [0.1, 0.15) is 29.8 Å². The fraction of sp³-hybridized carbons (Fsp3) is 0.429. The molecular formula is C21H27ClN4O3S. The average Bonchev–Trinajstić information content (AvgIpc) is 2.74. The summed E-state index contributed by atoms with van der Waals surface area (Å²) in [4.78, 5) is 21.5. The van der Waals surface area contributed by atoms with Gasteiger partial charge in [-0.15, -0.1) is 0 Å². The number of carbonyl (C=O) groups excluding carboxylic acids is 1. The second-order valence-corrected chi connectivity index (χ2v) is 9.50. The van der Waals surface area contributed by atoms with Gasteiger partial charge in [-0.05, 0) is 36.8 Å². The molecule has 3 rings (SSSR count). The van der Waals surface area contributed by atoms with Gasteiger partial charge in [-0.25, -0.2) is 13.4 Å². The van der Waals surface area contributed by atoms with Gasteiger partial charge in [0, 0.05) is 51.0 Å². The summed E-state index contributed by atoms with van der Waals surface area (Å²) in [5, 5.41) is 0.586. The molecular weight excluding hydrogens is 424 g/mol. The molecule has 0 atom stereocenters. The van der Waals surface area contributed by atoms with E-state index in [1.807, 2.05) is 6.92 Å². The van der Waals surface area contributed by atoms with Crippen LogP contribution in [0.5, 0.6) is 0 Å². The zero-order valence-electron chi connectivity index (χ0n) is 17.5. The molecule has 1 amide bonds. The van der Waals surface area contributed by atoms with Crippen LogP contribution in [-0.4, -0.2) is 67.8 Å². The molecule has 9 heteroatoms. The molecule has 30 heavy (non-hydrogen) atoms. The van der Waals surface area contributed by atoms with E-state index in [9.17, 15) is 13.2 Å². The minimum Gasteiger partial charge on any atom is -0.352 e. The Balaban J connectivity index is 1.79. The van der Waals surface area contributed by atoms with E-state index in [0.29, 0.717) is 49.9 Å². The van der Waals surface area contributed by atoms with Crippen LogP contribution in [0.15, 0.2) is 41.4 Å². The monoisotopic (exact) mass is 450 g/mol. The smallest absolute Gasteiger partial charge is 0.254 e. The van der Waals surface area contributed by atoms with Crippen LogP contribution in [-0.2, 0) is 10.0 Å². The zero-order valence-corrected chi connectivity index (χ0v) is 19.1. The molecule has 1 aliphatic heterocycles. The quantitative estimate of drug-likeness (QED) is 0.676. The van der Waals surface area contributed by atoms with Crippen molar-refractivity contribution in [2.45, 2.75) is 25.7 Å². The Kier molecular flexibility index (Phi) is 7.00. The molecule has 0 N–H and O–H groups in total. The molecule has 1 aliphatic rings. The Morgan fingerprint density at radius 2 is 1.80 bits per heavy atom. The van der Waals surface area contributed by atoms with E-state index in [1.54, 1.807) is 49.2 Å². The standard InChI is InChI=1S/C21H27ClN4O3S/c1-4-26(5-2)30(28,29)17-9-8-16(3)18(15-17)21(27)25-13-11-24(12-14-25)20-19(22)7-6-10-23-20/h6-10,15H,4-5,11-14H2,1-3H3. The molecule has 0 bridgehead atoms. The molecule has 0 aliphatic carbocycles. The van der Waals surface area contributed by atoms with E-state index < -0.39 is 10.0 Å². The third kappa shape index (κ3) is 4.45. The van der Waals surface area contributed by atoms with Crippen molar-refractivity contribution in [3.05, 3.63) is 52.7 Å². The number of aryl methyl sites for hydroxylation is 1. The summed E-state index contributed by atoms with van der Waals surface area (Å²) in [6, 6.07) is 8.36. The van der Waals surface area contributed by atoms with Crippen LogP contribution < -0.4 is 4.90 Å².